The lowest BCUT2D eigenvalue weighted by atomic mass is 10.1. The highest BCUT2D eigenvalue weighted by molar-refractivity contribution is 7.66. The predicted molar refractivity (Wildman–Crippen MR) is 211 cm³/mol. The van der Waals surface area contributed by atoms with Gasteiger partial charge in [-0.3, -0.25) is 28.5 Å². The van der Waals surface area contributed by atoms with Crippen LogP contribution in [0.25, 0.3) is 11.2 Å². The molecule has 4 unspecified atom stereocenters. The van der Waals surface area contributed by atoms with Crippen molar-refractivity contribution in [2.75, 3.05) is 47.1 Å². The first-order chi connectivity index (χ1) is 29.4. The van der Waals surface area contributed by atoms with E-state index in [1.165, 1.54) is 23.0 Å². The van der Waals surface area contributed by atoms with Crippen LogP contribution in [-0.4, -0.2) is 137 Å². The molecule has 1 amide bonds. The zero-order valence-electron chi connectivity index (χ0n) is 31.8. The molecule has 1 fully saturated rings. The molecule has 63 heavy (non-hydrogen) atoms. The number of H-pyrrole nitrogens is 1. The number of nitrogen functional groups attached to an aromatic ring is 2. The topological polar surface area (TPSA) is 491 Å². The molecule has 34 heteroatoms. The molecule has 1 aromatic carbocycles. The first kappa shape index (κ1) is 48.4. The number of hydrogen-bond acceptors (Lipinski definition) is 22. The molecule has 0 bridgehead atoms. The number of carboxylic acid groups (broad SMARTS) is 2. The Morgan fingerprint density at radius 1 is 0.984 bits per heavy atom. The molecule has 6 rings (SSSR count). The molecule has 1 saturated heterocycles. The number of fused-ring (bicyclic) bond motifs is 2. The molecule has 0 saturated carbocycles. The summed E-state index contributed by atoms with van der Waals surface area (Å²) in [6.45, 7) is 0.00352. The fourth-order valence-electron chi connectivity index (χ4n) is 5.72. The van der Waals surface area contributed by atoms with E-state index in [4.69, 9.17) is 41.1 Å². The van der Waals surface area contributed by atoms with Gasteiger partial charge >= 0.3 is 35.4 Å². The lowest BCUT2D eigenvalue weighted by molar-refractivity contribution is -0.140. The Bertz CT molecular complexity index is 2520. The van der Waals surface area contributed by atoms with E-state index >= 15 is 0 Å². The third-order valence-electron chi connectivity index (χ3n) is 8.57. The SMILES string of the molecule is Nc1nc2c(c(=O)[nH]1)NC(CNc1ccc(C(=O)NC(CCC(=O)O)C(=O)O)cc1)CN2.Nc1ncnc2c1ncn2[C@@H]1O[C@H](COP(=O)(O)OP(=O)(O)OP(=O)(O)O)[C@@H](O)[C@H]1O. The van der Waals surface area contributed by atoms with Crippen LogP contribution in [0.3, 0.4) is 0 Å². The maximum Gasteiger partial charge on any atom is 0.490 e. The summed E-state index contributed by atoms with van der Waals surface area (Å²) >= 11 is 0. The number of carbonyl (C=O) groups is 3. The Kier molecular flexibility index (Phi) is 15.2. The Morgan fingerprint density at radius 2 is 1.68 bits per heavy atom. The summed E-state index contributed by atoms with van der Waals surface area (Å²) < 4.78 is 51.9. The molecule has 344 valence electrons. The minimum absolute atomic E-state index is 0.0281. The minimum Gasteiger partial charge on any atom is -0.481 e. The number of carboxylic acids is 2. The van der Waals surface area contributed by atoms with Crippen LogP contribution >= 0.6 is 23.5 Å². The van der Waals surface area contributed by atoms with E-state index in [1.807, 2.05) is 0 Å². The molecule has 0 spiro atoms. The van der Waals surface area contributed by atoms with Crippen LogP contribution in [-0.2, 0) is 41.2 Å². The van der Waals surface area contributed by atoms with Gasteiger partial charge in [-0.2, -0.15) is 13.6 Å². The van der Waals surface area contributed by atoms with E-state index < -0.39 is 78.5 Å². The lowest BCUT2D eigenvalue weighted by Crippen LogP contribution is -2.41. The van der Waals surface area contributed by atoms with Crippen molar-refractivity contribution in [2.24, 2.45) is 0 Å². The van der Waals surface area contributed by atoms with Crippen molar-refractivity contribution in [1.82, 2.24) is 34.8 Å². The number of nitrogens with one attached hydrogen (secondary N) is 5. The fraction of sp³-hybridized carbons (Fsp3) is 0.379. The Morgan fingerprint density at radius 3 is 2.33 bits per heavy atom. The smallest absolute Gasteiger partial charge is 0.481 e. The highest BCUT2D eigenvalue weighted by atomic mass is 31.3. The van der Waals surface area contributed by atoms with Crippen LogP contribution in [0.4, 0.5) is 29.0 Å². The van der Waals surface area contributed by atoms with Gasteiger partial charge < -0.3 is 77.5 Å². The number of aliphatic hydroxyl groups excluding tert-OH is 2. The molecule has 3 aromatic heterocycles. The quantitative estimate of drug-likeness (QED) is 0.0513. The van der Waals surface area contributed by atoms with Crippen LogP contribution in [0, 0.1) is 0 Å². The van der Waals surface area contributed by atoms with Crippen molar-refractivity contribution in [3.8, 4) is 0 Å². The van der Waals surface area contributed by atoms with Crippen LogP contribution in [0.1, 0.15) is 29.4 Å². The number of rotatable bonds is 17. The number of aliphatic hydroxyl groups is 2. The third kappa shape index (κ3) is 13.2. The lowest BCUT2D eigenvalue weighted by Gasteiger charge is -2.27. The number of carbonyl (C=O) groups excluding carboxylic acids is 1. The second kappa shape index (κ2) is 19.8. The number of phosphoric ester groups is 1. The number of anilines is 5. The molecule has 0 aliphatic carbocycles. The van der Waals surface area contributed by atoms with Gasteiger partial charge in [0.2, 0.25) is 5.95 Å². The predicted octanol–water partition coefficient (Wildman–Crippen LogP) is -1.91. The number of hydrogen-bond donors (Lipinski definition) is 15. The van der Waals surface area contributed by atoms with Crippen LogP contribution in [0.15, 0.2) is 41.7 Å². The molecule has 5 heterocycles. The van der Waals surface area contributed by atoms with Crippen molar-refractivity contribution in [3.63, 3.8) is 0 Å². The van der Waals surface area contributed by atoms with Crippen molar-refractivity contribution in [3.05, 3.63) is 52.8 Å². The standard InChI is InChI=1S/C19H23N7O6.C10H16N5O13P3/c20-19-25-15-14(17(30)26-19)23-11(8-22-15)7-21-10-3-1-9(2-4-10)16(29)24-12(18(31)32)5-6-13(27)28;11-8-5-9(13-2-12-8)15(3-14-5)10-7(17)6(16)4(26-10)1-25-30(21,22)28-31(23,24)27-29(18,19)20/h1-4,11-12,21,23H,5-8H2,(H,24,29)(H,27,28)(H,31,32)(H4,20,22,25,26,30);2-4,6-7,10,16-17H,1H2,(H,21,22)(H,23,24)(H2,11,12,13)(H2,18,19,20)/t;4-,6-,7-,10-/m.1/s1. The summed E-state index contributed by atoms with van der Waals surface area (Å²) in [5, 5.41) is 49.9. The summed E-state index contributed by atoms with van der Waals surface area (Å²) in [6.07, 6.45) is -4.28. The number of amides is 1. The second-order valence-corrected chi connectivity index (χ2v) is 17.6. The molecule has 4 aromatic rings. The Balaban J connectivity index is 0.000000238. The first-order valence-corrected chi connectivity index (χ1v) is 22.2. The van der Waals surface area contributed by atoms with Crippen molar-refractivity contribution in [1.29, 1.82) is 0 Å². The van der Waals surface area contributed by atoms with Crippen molar-refractivity contribution >= 4 is 81.4 Å². The maximum absolute atomic E-state index is 12.3. The van der Waals surface area contributed by atoms with Crippen molar-refractivity contribution in [2.45, 2.75) is 49.5 Å². The van der Waals surface area contributed by atoms with Gasteiger partial charge in [0, 0.05) is 30.8 Å². The van der Waals surface area contributed by atoms with Crippen LogP contribution in [0.5, 0.6) is 0 Å². The largest absolute Gasteiger partial charge is 0.490 e. The first-order valence-electron chi connectivity index (χ1n) is 17.6. The molecule has 2 aliphatic heterocycles. The number of aliphatic carboxylic acids is 2. The highest BCUT2D eigenvalue weighted by Crippen LogP contribution is 2.66. The highest BCUT2D eigenvalue weighted by Gasteiger charge is 2.47. The summed E-state index contributed by atoms with van der Waals surface area (Å²) in [6, 6.07) is 4.93. The van der Waals surface area contributed by atoms with Gasteiger partial charge in [0.05, 0.1) is 19.0 Å². The van der Waals surface area contributed by atoms with Crippen molar-refractivity contribution < 1.29 is 86.0 Å². The zero-order chi connectivity index (χ0) is 46.4. The number of nitrogens with zero attached hydrogens (tertiary/aromatic N) is 5. The van der Waals surface area contributed by atoms with E-state index in [-0.39, 0.29) is 52.9 Å². The average molecular weight is 953 g/mol. The molecule has 8 atom stereocenters. The van der Waals surface area contributed by atoms with E-state index in [0.717, 1.165) is 6.33 Å². The van der Waals surface area contributed by atoms with E-state index in [9.17, 15) is 48.0 Å². The fourth-order valence-corrected chi connectivity index (χ4v) is 8.75. The molecule has 0 radical (unpaired) electrons. The summed E-state index contributed by atoms with van der Waals surface area (Å²) in [4.78, 5) is 99.8. The van der Waals surface area contributed by atoms with Gasteiger partial charge in [-0.15, -0.1) is 0 Å². The Labute approximate surface area is 351 Å². The molecule has 17 N–H and O–H groups in total. The Hall–Kier alpha value is -5.65. The second-order valence-electron chi connectivity index (χ2n) is 13.2. The van der Waals surface area contributed by atoms with Crippen LogP contribution < -0.4 is 38.3 Å². The molecule has 31 nitrogen and oxygen atoms in total. The van der Waals surface area contributed by atoms with Gasteiger partial charge in [-0.05, 0) is 30.7 Å². The average Bonchev–Trinajstić information content (AvgIpc) is 3.74. The number of nitrogens with two attached hydrogens (primary N) is 2. The normalized spacial score (nSPS) is 21.8. The van der Waals surface area contributed by atoms with E-state index in [2.05, 4.69) is 59.3 Å². The minimum atomic E-state index is -5.70. The summed E-state index contributed by atoms with van der Waals surface area (Å²) in [7, 11) is -16.7. The number of benzene rings is 1. The molecular formula is C29H39N12O19P3. The number of ether oxygens (including phenoxy) is 1. The zero-order valence-corrected chi connectivity index (χ0v) is 34.4. The number of aromatic amines is 1. The van der Waals surface area contributed by atoms with Gasteiger partial charge in [0.1, 0.15) is 41.9 Å². The summed E-state index contributed by atoms with van der Waals surface area (Å²) in [5.41, 5.74) is 12.4. The maximum atomic E-state index is 12.3. The van der Waals surface area contributed by atoms with Crippen LogP contribution in [0.2, 0.25) is 0 Å². The number of phosphoric acid groups is 3. The monoisotopic (exact) mass is 952 g/mol. The van der Waals surface area contributed by atoms with E-state index in [0.29, 0.717) is 30.3 Å². The van der Waals surface area contributed by atoms with Gasteiger partial charge in [0.25, 0.3) is 11.5 Å². The number of imidazole rings is 1. The molecular weight excluding hydrogens is 913 g/mol. The number of aromatic nitrogens is 6. The van der Waals surface area contributed by atoms with Gasteiger partial charge in [-0.25, -0.2) is 33.4 Å². The molecule has 2 aliphatic rings. The van der Waals surface area contributed by atoms with E-state index in [1.54, 1.807) is 12.1 Å². The van der Waals surface area contributed by atoms with Gasteiger partial charge in [-0.1, -0.05) is 0 Å². The van der Waals surface area contributed by atoms with Gasteiger partial charge in [0.15, 0.2) is 23.5 Å². The summed E-state index contributed by atoms with van der Waals surface area (Å²) in [5.74, 6) is -2.60. The third-order valence-corrected chi connectivity index (χ3v) is 12.4.